The van der Waals surface area contributed by atoms with Crippen molar-refractivity contribution in [3.05, 3.63) is 0 Å². The second-order valence-corrected chi connectivity index (χ2v) is 3.10. The van der Waals surface area contributed by atoms with E-state index in [2.05, 4.69) is 0 Å². The van der Waals surface area contributed by atoms with E-state index >= 15 is 0 Å². The molecule has 0 aliphatic carbocycles. The van der Waals surface area contributed by atoms with E-state index in [1.165, 1.54) is 0 Å². The summed E-state index contributed by atoms with van der Waals surface area (Å²) in [6.07, 6.45) is 0.0880. The Kier molecular flexibility index (Phi) is 4.65. The minimum absolute atomic E-state index is 0. The molecular weight excluding hydrogens is 140 g/mol. The number of ether oxygens (including phenoxy) is 1. The first-order valence-electron chi connectivity index (χ1n) is 3.20. The van der Waals surface area contributed by atoms with Gasteiger partial charge in [-0.3, -0.25) is 4.79 Å². The number of hydrogen-bond donors (Lipinski definition) is 0. The Labute approximate surface area is 69.9 Å². The number of ketones is 1. The van der Waals surface area contributed by atoms with Crippen LogP contribution < -0.4 is 0 Å². The summed E-state index contributed by atoms with van der Waals surface area (Å²) in [5.41, 5.74) is -0.250. The average molecular weight is 160 g/mol. The van der Waals surface area contributed by atoms with E-state index in [0.717, 1.165) is 0 Å². The molecular formula is C9H20O2. The Hall–Kier alpha value is -0.370. The van der Waals surface area contributed by atoms with Crippen molar-refractivity contribution in [2.24, 2.45) is 5.41 Å². The molecule has 1 aliphatic rings. The molecule has 2 heteroatoms. The summed E-state index contributed by atoms with van der Waals surface area (Å²) in [6, 6.07) is 0. The summed E-state index contributed by atoms with van der Waals surface area (Å²) in [6.45, 7) is 6.08. The van der Waals surface area contributed by atoms with Gasteiger partial charge < -0.3 is 4.74 Å². The first-order valence-corrected chi connectivity index (χ1v) is 3.20. The van der Waals surface area contributed by atoms with Crippen LogP contribution in [0.25, 0.3) is 0 Å². The molecule has 0 N–H and O–H groups in total. The van der Waals surface area contributed by atoms with Gasteiger partial charge in [0.25, 0.3) is 0 Å². The van der Waals surface area contributed by atoms with E-state index in [0.29, 0.717) is 6.61 Å². The lowest BCUT2D eigenvalue weighted by atomic mass is 9.86. The van der Waals surface area contributed by atoms with Gasteiger partial charge in [0.2, 0.25) is 0 Å². The van der Waals surface area contributed by atoms with Crippen molar-refractivity contribution < 1.29 is 9.53 Å². The Morgan fingerprint density at radius 1 is 1.45 bits per heavy atom. The highest BCUT2D eigenvalue weighted by Crippen LogP contribution is 2.29. The molecule has 0 aromatic rings. The molecule has 0 saturated carbocycles. The molecule has 0 amide bonds. The van der Waals surface area contributed by atoms with E-state index < -0.39 is 0 Å². The summed E-state index contributed by atoms with van der Waals surface area (Å²) >= 11 is 0. The Balaban J connectivity index is 0. The van der Waals surface area contributed by atoms with E-state index in [-0.39, 0.29) is 32.2 Å². The van der Waals surface area contributed by atoms with Gasteiger partial charge in [-0.2, -0.15) is 0 Å². The van der Waals surface area contributed by atoms with Crippen molar-refractivity contribution in [1.29, 1.82) is 0 Å². The number of Topliss-reactive ketones (excluding diaryl/α,β-unsaturated/α-hetero) is 1. The van der Waals surface area contributed by atoms with Gasteiger partial charge in [-0.25, -0.2) is 0 Å². The molecule has 68 valence electrons. The Morgan fingerprint density at radius 3 is 2.00 bits per heavy atom. The van der Waals surface area contributed by atoms with E-state index in [1.54, 1.807) is 0 Å². The standard InChI is InChI=1S/C7H12O2.2CH4/c1-5-7(2,3)6(8)4-9-5;;/h5H,4H2,1-3H3;2*1H4. The van der Waals surface area contributed by atoms with Gasteiger partial charge in [0.15, 0.2) is 5.78 Å². The van der Waals surface area contributed by atoms with Crippen molar-refractivity contribution >= 4 is 5.78 Å². The molecule has 0 bridgehead atoms. The van der Waals surface area contributed by atoms with Crippen LogP contribution in [0.5, 0.6) is 0 Å². The third-order valence-corrected chi connectivity index (χ3v) is 2.20. The van der Waals surface area contributed by atoms with Gasteiger partial charge in [0, 0.05) is 0 Å². The number of carbonyl (C=O) groups is 1. The summed E-state index contributed by atoms with van der Waals surface area (Å²) in [4.78, 5) is 11.0. The predicted molar refractivity (Wildman–Crippen MR) is 47.7 cm³/mol. The maximum absolute atomic E-state index is 11.0. The summed E-state index contributed by atoms with van der Waals surface area (Å²) in [5, 5.41) is 0. The zero-order chi connectivity index (χ0) is 7.07. The fourth-order valence-electron chi connectivity index (χ4n) is 0.822. The number of rotatable bonds is 0. The van der Waals surface area contributed by atoms with E-state index in [9.17, 15) is 4.79 Å². The molecule has 0 aromatic heterocycles. The van der Waals surface area contributed by atoms with Crippen molar-refractivity contribution in [1.82, 2.24) is 0 Å². The lowest BCUT2D eigenvalue weighted by Gasteiger charge is -2.18. The van der Waals surface area contributed by atoms with E-state index in [4.69, 9.17) is 4.74 Å². The first-order chi connectivity index (χ1) is 4.05. The molecule has 1 atom stereocenters. The Morgan fingerprint density at radius 2 is 1.91 bits per heavy atom. The molecule has 1 heterocycles. The minimum atomic E-state index is -0.250. The van der Waals surface area contributed by atoms with Crippen LogP contribution in [0.2, 0.25) is 0 Å². The fourth-order valence-corrected chi connectivity index (χ4v) is 0.822. The van der Waals surface area contributed by atoms with Crippen LogP contribution in [0.3, 0.4) is 0 Å². The number of carbonyl (C=O) groups excluding carboxylic acids is 1. The largest absolute Gasteiger partial charge is 0.370 e. The molecule has 0 spiro atoms. The van der Waals surface area contributed by atoms with Crippen molar-refractivity contribution in [3.63, 3.8) is 0 Å². The quantitative estimate of drug-likeness (QED) is 0.543. The maximum atomic E-state index is 11.0. The Bertz CT molecular complexity index is 138. The van der Waals surface area contributed by atoms with Gasteiger partial charge >= 0.3 is 0 Å². The molecule has 0 radical (unpaired) electrons. The van der Waals surface area contributed by atoms with Gasteiger partial charge in [0.1, 0.15) is 6.61 Å². The molecule has 1 unspecified atom stereocenters. The lowest BCUT2D eigenvalue weighted by molar-refractivity contribution is -0.123. The van der Waals surface area contributed by atoms with Gasteiger partial charge in [-0.15, -0.1) is 0 Å². The highest BCUT2D eigenvalue weighted by Gasteiger charge is 2.40. The summed E-state index contributed by atoms with van der Waals surface area (Å²) < 4.78 is 5.13. The highest BCUT2D eigenvalue weighted by atomic mass is 16.5. The average Bonchev–Trinajstić information content (AvgIpc) is 1.96. The normalized spacial score (nSPS) is 27.2. The van der Waals surface area contributed by atoms with Crippen LogP contribution in [-0.2, 0) is 9.53 Å². The van der Waals surface area contributed by atoms with Gasteiger partial charge in [-0.05, 0) is 6.92 Å². The third kappa shape index (κ3) is 2.03. The zero-order valence-electron chi connectivity index (χ0n) is 6.10. The van der Waals surface area contributed by atoms with Crippen LogP contribution in [0.1, 0.15) is 35.6 Å². The van der Waals surface area contributed by atoms with Gasteiger partial charge in [-0.1, -0.05) is 28.7 Å². The number of hydrogen-bond acceptors (Lipinski definition) is 2. The second kappa shape index (κ2) is 3.86. The van der Waals surface area contributed by atoms with Crippen molar-refractivity contribution in [2.45, 2.75) is 41.7 Å². The second-order valence-electron chi connectivity index (χ2n) is 3.10. The third-order valence-electron chi connectivity index (χ3n) is 2.20. The van der Waals surface area contributed by atoms with Crippen LogP contribution in [-0.4, -0.2) is 18.5 Å². The van der Waals surface area contributed by atoms with Crippen LogP contribution >= 0.6 is 0 Å². The zero-order valence-corrected chi connectivity index (χ0v) is 6.10. The summed E-state index contributed by atoms with van der Waals surface area (Å²) in [7, 11) is 0. The fraction of sp³-hybridized carbons (Fsp3) is 0.889. The molecule has 1 fully saturated rings. The lowest BCUT2D eigenvalue weighted by Crippen LogP contribution is -2.27. The van der Waals surface area contributed by atoms with Crippen molar-refractivity contribution in [2.75, 3.05) is 6.61 Å². The molecule has 0 aromatic carbocycles. The van der Waals surface area contributed by atoms with Crippen LogP contribution in [0.4, 0.5) is 0 Å². The molecule has 1 saturated heterocycles. The maximum Gasteiger partial charge on any atom is 0.166 e. The molecule has 1 rings (SSSR count). The molecule has 2 nitrogen and oxygen atoms in total. The predicted octanol–water partition coefficient (Wildman–Crippen LogP) is 2.27. The monoisotopic (exact) mass is 160 g/mol. The highest BCUT2D eigenvalue weighted by molar-refractivity contribution is 5.87. The summed E-state index contributed by atoms with van der Waals surface area (Å²) in [5.74, 6) is 0.218. The molecule has 1 aliphatic heterocycles. The first kappa shape index (κ1) is 13.2. The van der Waals surface area contributed by atoms with Crippen LogP contribution in [0, 0.1) is 5.41 Å². The van der Waals surface area contributed by atoms with Gasteiger partial charge in [0.05, 0.1) is 11.5 Å². The SMILES string of the molecule is C.C.CC1OCC(=O)C1(C)C. The topological polar surface area (TPSA) is 26.3 Å². The smallest absolute Gasteiger partial charge is 0.166 e. The van der Waals surface area contributed by atoms with Crippen molar-refractivity contribution in [3.8, 4) is 0 Å². The van der Waals surface area contributed by atoms with Crippen LogP contribution in [0.15, 0.2) is 0 Å². The molecule has 11 heavy (non-hydrogen) atoms. The van der Waals surface area contributed by atoms with E-state index in [1.807, 2.05) is 20.8 Å². The minimum Gasteiger partial charge on any atom is -0.370 e.